The van der Waals surface area contributed by atoms with E-state index >= 15 is 0 Å². The highest BCUT2D eigenvalue weighted by molar-refractivity contribution is 5.92. The van der Waals surface area contributed by atoms with E-state index in [1.165, 1.54) is 16.7 Å². The van der Waals surface area contributed by atoms with Gasteiger partial charge in [0.05, 0.1) is 6.61 Å². The summed E-state index contributed by atoms with van der Waals surface area (Å²) < 4.78 is 5.29. The Morgan fingerprint density at radius 2 is 1.92 bits per heavy atom. The minimum atomic E-state index is 0.206. The van der Waals surface area contributed by atoms with Crippen LogP contribution in [0.25, 0.3) is 10.8 Å². The van der Waals surface area contributed by atoms with Gasteiger partial charge in [-0.1, -0.05) is 25.1 Å². The molecule has 0 spiro atoms. The van der Waals surface area contributed by atoms with Crippen LogP contribution in [-0.2, 0) is 4.74 Å². The van der Waals surface area contributed by atoms with E-state index in [0.29, 0.717) is 11.7 Å². The second-order valence-electron chi connectivity index (χ2n) is 6.97. The van der Waals surface area contributed by atoms with E-state index in [4.69, 9.17) is 10.5 Å². The van der Waals surface area contributed by atoms with Crippen molar-refractivity contribution in [2.24, 2.45) is 0 Å². The molecule has 3 rings (SSSR count). The van der Waals surface area contributed by atoms with Crippen LogP contribution in [0, 0.1) is 6.92 Å². The average molecular weight is 349 g/mol. The lowest BCUT2D eigenvalue weighted by Gasteiger charge is -2.20. The molecule has 0 saturated heterocycles. The van der Waals surface area contributed by atoms with Crippen LogP contribution < -0.4 is 11.1 Å². The first-order valence-corrected chi connectivity index (χ1v) is 8.99. The number of benzene rings is 2. The third-order valence-corrected chi connectivity index (χ3v) is 4.92. The van der Waals surface area contributed by atoms with Gasteiger partial charge in [-0.15, -0.1) is 0 Å². The molecule has 4 heteroatoms. The van der Waals surface area contributed by atoms with Crippen molar-refractivity contribution in [2.45, 2.75) is 32.7 Å². The van der Waals surface area contributed by atoms with E-state index in [9.17, 15) is 0 Å². The van der Waals surface area contributed by atoms with Gasteiger partial charge >= 0.3 is 0 Å². The lowest BCUT2D eigenvalue weighted by atomic mass is 9.93. The number of nitrogens with one attached hydrogen (secondary N) is 1. The monoisotopic (exact) mass is 349 g/mol. The predicted octanol–water partition coefficient (Wildman–Crippen LogP) is 5.05. The fourth-order valence-electron chi connectivity index (χ4n) is 3.49. The summed E-state index contributed by atoms with van der Waals surface area (Å²) in [5, 5.41) is 5.66. The smallest absolute Gasteiger partial charge is 0.131 e. The van der Waals surface area contributed by atoms with Crippen molar-refractivity contribution >= 4 is 22.3 Å². The van der Waals surface area contributed by atoms with Gasteiger partial charge in [0.2, 0.25) is 0 Å². The highest BCUT2D eigenvalue weighted by atomic mass is 16.5. The molecule has 4 nitrogen and oxygen atoms in total. The number of methoxy groups -OCH3 is 1. The number of ether oxygens (including phenoxy) is 1. The number of aromatic nitrogens is 1. The molecule has 2 aromatic carbocycles. The number of nitrogens with zero attached hydrogens (tertiary/aromatic N) is 1. The number of hydrogen-bond donors (Lipinski definition) is 2. The Bertz CT molecular complexity index is 907. The second kappa shape index (κ2) is 7.75. The van der Waals surface area contributed by atoms with Crippen molar-refractivity contribution in [3.8, 4) is 0 Å². The Morgan fingerprint density at radius 1 is 1.12 bits per heavy atom. The molecule has 136 valence electrons. The minimum Gasteiger partial charge on any atom is -0.384 e. The van der Waals surface area contributed by atoms with E-state index in [0.717, 1.165) is 23.1 Å². The first kappa shape index (κ1) is 18.2. The van der Waals surface area contributed by atoms with E-state index in [1.807, 2.05) is 12.1 Å². The molecule has 3 aromatic rings. The van der Waals surface area contributed by atoms with Gasteiger partial charge in [-0.05, 0) is 60.2 Å². The van der Waals surface area contributed by atoms with Gasteiger partial charge in [0.1, 0.15) is 5.82 Å². The van der Waals surface area contributed by atoms with Crippen molar-refractivity contribution < 1.29 is 4.74 Å². The fourth-order valence-corrected chi connectivity index (χ4v) is 3.49. The van der Waals surface area contributed by atoms with Crippen LogP contribution in [0.3, 0.4) is 0 Å². The zero-order valence-corrected chi connectivity index (χ0v) is 15.9. The van der Waals surface area contributed by atoms with Crippen LogP contribution in [0.2, 0.25) is 0 Å². The largest absolute Gasteiger partial charge is 0.384 e. The first-order valence-electron chi connectivity index (χ1n) is 8.99. The molecule has 3 N–H and O–H groups in total. The third kappa shape index (κ3) is 3.81. The van der Waals surface area contributed by atoms with Crippen molar-refractivity contribution in [2.75, 3.05) is 24.8 Å². The van der Waals surface area contributed by atoms with Gasteiger partial charge in [-0.2, -0.15) is 0 Å². The molecule has 1 heterocycles. The molecule has 2 atom stereocenters. The van der Waals surface area contributed by atoms with E-state index < -0.39 is 0 Å². The van der Waals surface area contributed by atoms with Gasteiger partial charge in [0.15, 0.2) is 0 Å². The van der Waals surface area contributed by atoms with Gasteiger partial charge < -0.3 is 15.8 Å². The Hall–Kier alpha value is -2.59. The zero-order valence-electron chi connectivity index (χ0n) is 15.9. The molecule has 0 aliphatic carbocycles. The first-order chi connectivity index (χ1) is 12.5. The lowest BCUT2D eigenvalue weighted by Crippen LogP contribution is -2.09. The van der Waals surface area contributed by atoms with E-state index in [-0.39, 0.29) is 6.04 Å². The lowest BCUT2D eigenvalue weighted by molar-refractivity contribution is 0.184. The molecule has 0 fully saturated rings. The summed E-state index contributed by atoms with van der Waals surface area (Å²) in [5.74, 6) is 0.968. The molecule has 0 aliphatic heterocycles. The van der Waals surface area contributed by atoms with E-state index in [2.05, 4.69) is 61.4 Å². The van der Waals surface area contributed by atoms with Crippen LogP contribution in [0.15, 0.2) is 48.7 Å². The van der Waals surface area contributed by atoms with Crippen LogP contribution in [0.4, 0.5) is 11.5 Å². The van der Waals surface area contributed by atoms with E-state index in [1.54, 1.807) is 13.3 Å². The SMILES string of the molecule is COCC(C)c1ccc([C@H](C)Nc2ccc3c(N)nccc3c2)cc1C. The summed E-state index contributed by atoms with van der Waals surface area (Å²) in [7, 11) is 1.75. The number of hydrogen-bond acceptors (Lipinski definition) is 4. The molecule has 0 aliphatic rings. The Labute approximate surface area is 155 Å². The quantitative estimate of drug-likeness (QED) is 0.654. The molecule has 1 unspecified atom stereocenters. The number of anilines is 2. The Kier molecular flexibility index (Phi) is 5.43. The van der Waals surface area contributed by atoms with Crippen molar-refractivity contribution in [1.29, 1.82) is 0 Å². The maximum absolute atomic E-state index is 5.93. The van der Waals surface area contributed by atoms with Crippen molar-refractivity contribution in [1.82, 2.24) is 4.98 Å². The number of pyridine rings is 1. The Balaban J connectivity index is 1.79. The normalized spacial score (nSPS) is 13.5. The fraction of sp³-hybridized carbons (Fsp3) is 0.318. The van der Waals surface area contributed by atoms with Crippen LogP contribution in [0.1, 0.15) is 42.5 Å². The summed E-state index contributed by atoms with van der Waals surface area (Å²) in [6, 6.07) is 15.1. The Morgan fingerprint density at radius 3 is 2.65 bits per heavy atom. The van der Waals surface area contributed by atoms with Gasteiger partial charge in [-0.25, -0.2) is 4.98 Å². The van der Waals surface area contributed by atoms with Crippen LogP contribution in [-0.4, -0.2) is 18.7 Å². The average Bonchev–Trinajstić information content (AvgIpc) is 2.62. The molecule has 0 amide bonds. The number of aryl methyl sites for hydroxylation is 1. The molecular weight excluding hydrogens is 322 g/mol. The minimum absolute atomic E-state index is 0.206. The van der Waals surface area contributed by atoms with Crippen LogP contribution >= 0.6 is 0 Å². The number of nitrogen functional groups attached to an aromatic ring is 1. The van der Waals surface area contributed by atoms with Crippen LogP contribution in [0.5, 0.6) is 0 Å². The predicted molar refractivity (Wildman–Crippen MR) is 110 cm³/mol. The number of fused-ring (bicyclic) bond motifs is 1. The molecular formula is C22H27N3O. The molecule has 1 aromatic heterocycles. The maximum atomic E-state index is 5.93. The third-order valence-electron chi connectivity index (χ3n) is 4.92. The van der Waals surface area contributed by atoms with Gasteiger partial charge in [-0.3, -0.25) is 0 Å². The van der Waals surface area contributed by atoms with Gasteiger partial charge in [0.25, 0.3) is 0 Å². The highest BCUT2D eigenvalue weighted by Gasteiger charge is 2.12. The van der Waals surface area contributed by atoms with Crippen molar-refractivity contribution in [3.05, 3.63) is 65.4 Å². The summed E-state index contributed by atoms with van der Waals surface area (Å²) >= 11 is 0. The summed E-state index contributed by atoms with van der Waals surface area (Å²) in [5.41, 5.74) is 10.9. The number of nitrogens with two attached hydrogens (primary N) is 1. The summed E-state index contributed by atoms with van der Waals surface area (Å²) in [4.78, 5) is 4.14. The molecule has 0 bridgehead atoms. The summed E-state index contributed by atoms with van der Waals surface area (Å²) in [6.07, 6.45) is 1.74. The number of rotatable bonds is 6. The zero-order chi connectivity index (χ0) is 18.7. The highest BCUT2D eigenvalue weighted by Crippen LogP contribution is 2.28. The molecule has 26 heavy (non-hydrogen) atoms. The maximum Gasteiger partial charge on any atom is 0.131 e. The van der Waals surface area contributed by atoms with Gasteiger partial charge in [0, 0.05) is 36.3 Å². The summed E-state index contributed by atoms with van der Waals surface area (Å²) in [6.45, 7) is 7.29. The topological polar surface area (TPSA) is 60.2 Å². The standard InChI is InChI=1S/C22H27N3O/c1-14-11-17(5-7-20(14)15(2)13-26-4)16(3)25-19-6-8-21-18(12-19)9-10-24-22(21)23/h5-12,15-16,25H,13H2,1-4H3,(H2,23,24)/t15?,16-/m0/s1. The van der Waals surface area contributed by atoms with Crippen molar-refractivity contribution in [3.63, 3.8) is 0 Å². The second-order valence-corrected chi connectivity index (χ2v) is 6.97. The molecule has 0 radical (unpaired) electrons. The molecule has 0 saturated carbocycles.